The number of hydrogen-bond acceptors (Lipinski definition) is 4. The molecule has 0 radical (unpaired) electrons. The molecule has 2 aromatic heterocycles. The maximum absolute atomic E-state index is 5.69. The fourth-order valence-corrected chi connectivity index (χ4v) is 3.79. The van der Waals surface area contributed by atoms with Crippen LogP contribution in [0.15, 0.2) is 29.0 Å². The fraction of sp³-hybridized carbons (Fsp3) is 0.385. The van der Waals surface area contributed by atoms with Gasteiger partial charge in [-0.05, 0) is 47.7 Å². The van der Waals surface area contributed by atoms with E-state index >= 15 is 0 Å². The topological polar surface area (TPSA) is 38.0 Å². The van der Waals surface area contributed by atoms with Crippen molar-refractivity contribution in [2.24, 2.45) is 5.84 Å². The van der Waals surface area contributed by atoms with Crippen molar-refractivity contribution in [1.29, 1.82) is 0 Å². The Morgan fingerprint density at radius 3 is 2.82 bits per heavy atom. The molecule has 0 bridgehead atoms. The quantitative estimate of drug-likeness (QED) is 0.620. The molecule has 0 saturated heterocycles. The normalized spacial score (nSPS) is 12.8. The molecule has 3 N–H and O–H groups in total. The van der Waals surface area contributed by atoms with E-state index in [1.165, 1.54) is 15.3 Å². The Morgan fingerprint density at radius 2 is 2.18 bits per heavy atom. The summed E-state index contributed by atoms with van der Waals surface area (Å²) in [5.74, 6) is 5.69. The minimum atomic E-state index is 0.284. The average molecular weight is 266 g/mol. The van der Waals surface area contributed by atoms with Crippen molar-refractivity contribution in [3.8, 4) is 0 Å². The summed E-state index contributed by atoms with van der Waals surface area (Å²) in [5.41, 5.74) is 4.38. The van der Waals surface area contributed by atoms with Crippen LogP contribution in [0.2, 0.25) is 0 Å². The van der Waals surface area contributed by atoms with Crippen LogP contribution in [0.1, 0.15) is 34.7 Å². The molecule has 0 aliphatic rings. The zero-order valence-electron chi connectivity index (χ0n) is 9.98. The van der Waals surface area contributed by atoms with Crippen LogP contribution < -0.4 is 11.3 Å². The minimum Gasteiger partial charge on any atom is -0.271 e. The maximum atomic E-state index is 5.69. The van der Waals surface area contributed by atoms with Crippen molar-refractivity contribution in [3.63, 3.8) is 0 Å². The highest BCUT2D eigenvalue weighted by Gasteiger charge is 2.14. The van der Waals surface area contributed by atoms with Crippen LogP contribution in [-0.2, 0) is 12.8 Å². The lowest BCUT2D eigenvalue weighted by Crippen LogP contribution is -2.28. The first-order valence-electron chi connectivity index (χ1n) is 5.90. The monoisotopic (exact) mass is 266 g/mol. The van der Waals surface area contributed by atoms with Gasteiger partial charge in [0.05, 0.1) is 6.04 Å². The van der Waals surface area contributed by atoms with Crippen LogP contribution in [-0.4, -0.2) is 0 Å². The van der Waals surface area contributed by atoms with Crippen molar-refractivity contribution in [2.45, 2.75) is 32.2 Å². The standard InChI is InChI=1S/C13H18N2S2/c1-2-10-7-9-17-13(10)12(15-14)6-5-11-4-3-8-16-11/h3-4,7-9,12,15H,2,5-6,14H2,1H3. The number of thiophene rings is 2. The molecule has 17 heavy (non-hydrogen) atoms. The first-order valence-corrected chi connectivity index (χ1v) is 7.65. The lowest BCUT2D eigenvalue weighted by molar-refractivity contribution is 0.523. The third kappa shape index (κ3) is 3.16. The fourth-order valence-electron chi connectivity index (χ4n) is 1.98. The van der Waals surface area contributed by atoms with Gasteiger partial charge in [0.1, 0.15) is 0 Å². The first-order chi connectivity index (χ1) is 8.35. The Bertz CT molecular complexity index is 434. The molecule has 0 amide bonds. The summed E-state index contributed by atoms with van der Waals surface area (Å²) in [5, 5.41) is 4.28. The van der Waals surface area contributed by atoms with Gasteiger partial charge in [0.2, 0.25) is 0 Å². The summed E-state index contributed by atoms with van der Waals surface area (Å²) in [7, 11) is 0. The second-order valence-corrected chi connectivity index (χ2v) is 5.98. The highest BCUT2D eigenvalue weighted by atomic mass is 32.1. The van der Waals surface area contributed by atoms with E-state index in [-0.39, 0.29) is 6.04 Å². The van der Waals surface area contributed by atoms with Gasteiger partial charge < -0.3 is 0 Å². The van der Waals surface area contributed by atoms with Crippen molar-refractivity contribution < 1.29 is 0 Å². The highest BCUT2D eigenvalue weighted by Crippen LogP contribution is 2.28. The molecular formula is C13H18N2S2. The Hall–Kier alpha value is -0.680. The summed E-state index contributed by atoms with van der Waals surface area (Å²) in [6, 6.07) is 6.78. The molecule has 0 aliphatic carbocycles. The van der Waals surface area contributed by atoms with E-state index < -0.39 is 0 Å². The number of rotatable bonds is 6. The van der Waals surface area contributed by atoms with Crippen LogP contribution in [0, 0.1) is 0 Å². The molecule has 92 valence electrons. The molecule has 4 heteroatoms. The lowest BCUT2D eigenvalue weighted by Gasteiger charge is -2.15. The molecular weight excluding hydrogens is 248 g/mol. The van der Waals surface area contributed by atoms with Crippen LogP contribution in [0.4, 0.5) is 0 Å². The van der Waals surface area contributed by atoms with Crippen LogP contribution in [0.25, 0.3) is 0 Å². The zero-order valence-corrected chi connectivity index (χ0v) is 11.6. The largest absolute Gasteiger partial charge is 0.271 e. The van der Waals surface area contributed by atoms with E-state index in [1.54, 1.807) is 11.3 Å². The number of nitrogens with two attached hydrogens (primary N) is 1. The van der Waals surface area contributed by atoms with E-state index in [1.807, 2.05) is 11.3 Å². The summed E-state index contributed by atoms with van der Waals surface area (Å²) < 4.78 is 0. The van der Waals surface area contributed by atoms with Gasteiger partial charge in [-0.1, -0.05) is 13.0 Å². The molecule has 0 aromatic carbocycles. The predicted octanol–water partition coefficient (Wildman–Crippen LogP) is 3.51. The maximum Gasteiger partial charge on any atom is 0.0559 e. The SMILES string of the molecule is CCc1ccsc1C(CCc1cccs1)NN. The predicted molar refractivity (Wildman–Crippen MR) is 76.4 cm³/mol. The van der Waals surface area contributed by atoms with Gasteiger partial charge in [-0.3, -0.25) is 11.3 Å². The van der Waals surface area contributed by atoms with Gasteiger partial charge >= 0.3 is 0 Å². The van der Waals surface area contributed by atoms with Gasteiger partial charge in [0, 0.05) is 9.75 Å². The van der Waals surface area contributed by atoms with Gasteiger partial charge in [-0.25, -0.2) is 0 Å². The van der Waals surface area contributed by atoms with Crippen LogP contribution in [0.3, 0.4) is 0 Å². The minimum absolute atomic E-state index is 0.284. The van der Waals surface area contributed by atoms with Gasteiger partial charge in [0.25, 0.3) is 0 Å². The molecule has 1 unspecified atom stereocenters. The molecule has 2 rings (SSSR count). The second kappa shape index (κ2) is 6.31. The van der Waals surface area contributed by atoms with Crippen molar-refractivity contribution in [2.75, 3.05) is 0 Å². The molecule has 2 heterocycles. The second-order valence-electron chi connectivity index (χ2n) is 4.00. The van der Waals surface area contributed by atoms with E-state index in [0.717, 1.165) is 19.3 Å². The van der Waals surface area contributed by atoms with E-state index in [0.29, 0.717) is 0 Å². The van der Waals surface area contributed by atoms with Crippen molar-refractivity contribution in [1.82, 2.24) is 5.43 Å². The molecule has 0 spiro atoms. The first kappa shape index (κ1) is 12.8. The molecule has 2 aromatic rings. The molecule has 0 fully saturated rings. The smallest absolute Gasteiger partial charge is 0.0559 e. The number of aryl methyl sites for hydroxylation is 2. The highest BCUT2D eigenvalue weighted by molar-refractivity contribution is 7.10. The molecule has 0 aliphatic heterocycles. The summed E-state index contributed by atoms with van der Waals surface area (Å²) in [6.07, 6.45) is 3.23. The third-order valence-corrected chi connectivity index (χ3v) is 4.95. The summed E-state index contributed by atoms with van der Waals surface area (Å²) in [4.78, 5) is 2.83. The van der Waals surface area contributed by atoms with Gasteiger partial charge in [-0.15, -0.1) is 22.7 Å². The number of hydrazine groups is 1. The van der Waals surface area contributed by atoms with E-state index in [4.69, 9.17) is 5.84 Å². The third-order valence-electron chi connectivity index (χ3n) is 2.94. The molecule has 1 atom stereocenters. The Labute approximate surface area is 110 Å². The van der Waals surface area contributed by atoms with E-state index in [9.17, 15) is 0 Å². The van der Waals surface area contributed by atoms with Gasteiger partial charge in [0.15, 0.2) is 0 Å². The van der Waals surface area contributed by atoms with Gasteiger partial charge in [-0.2, -0.15) is 0 Å². The number of hydrogen-bond donors (Lipinski definition) is 2. The van der Waals surface area contributed by atoms with Crippen LogP contribution >= 0.6 is 22.7 Å². The summed E-state index contributed by atoms with van der Waals surface area (Å²) in [6.45, 7) is 2.19. The number of nitrogens with one attached hydrogen (secondary N) is 1. The lowest BCUT2D eigenvalue weighted by atomic mass is 10.0. The van der Waals surface area contributed by atoms with E-state index in [2.05, 4.69) is 41.3 Å². The van der Waals surface area contributed by atoms with Crippen LogP contribution in [0.5, 0.6) is 0 Å². The Kier molecular flexibility index (Phi) is 4.74. The molecule has 2 nitrogen and oxygen atoms in total. The Balaban J connectivity index is 2.01. The van der Waals surface area contributed by atoms with Crippen molar-refractivity contribution >= 4 is 22.7 Å². The Morgan fingerprint density at radius 1 is 1.29 bits per heavy atom. The zero-order chi connectivity index (χ0) is 12.1. The summed E-state index contributed by atoms with van der Waals surface area (Å²) >= 11 is 3.62. The molecule has 0 saturated carbocycles. The van der Waals surface area contributed by atoms with Crippen molar-refractivity contribution in [3.05, 3.63) is 44.3 Å². The average Bonchev–Trinajstić information content (AvgIpc) is 3.00.